The largest absolute Gasteiger partial charge is 0.337 e. The van der Waals surface area contributed by atoms with E-state index >= 15 is 0 Å². The molecule has 1 amide bonds. The van der Waals surface area contributed by atoms with Gasteiger partial charge in [-0.15, -0.1) is 0 Å². The van der Waals surface area contributed by atoms with Gasteiger partial charge < -0.3 is 9.47 Å². The predicted octanol–water partition coefficient (Wildman–Crippen LogP) is 2.31. The Kier molecular flexibility index (Phi) is 4.31. The summed E-state index contributed by atoms with van der Waals surface area (Å²) in [6.07, 6.45) is 3.79. The molecule has 1 unspecified atom stereocenters. The molecule has 6 heteroatoms. The van der Waals surface area contributed by atoms with Crippen LogP contribution in [0, 0.1) is 6.92 Å². The number of nitrogens with zero attached hydrogens (tertiary/aromatic N) is 4. The van der Waals surface area contributed by atoms with Crippen LogP contribution in [-0.2, 0) is 7.05 Å². The van der Waals surface area contributed by atoms with Gasteiger partial charge in [0.25, 0.3) is 5.91 Å². The highest BCUT2D eigenvalue weighted by atomic mass is 32.1. The molecule has 1 aliphatic heterocycles. The lowest BCUT2D eigenvalue weighted by Crippen LogP contribution is -2.51. The molecule has 0 aliphatic carbocycles. The number of hydrogen-bond donors (Lipinski definition) is 0. The van der Waals surface area contributed by atoms with Crippen LogP contribution < -0.4 is 0 Å². The molecular formula is C16H22N4OS. The van der Waals surface area contributed by atoms with Crippen LogP contribution in [0.4, 0.5) is 0 Å². The van der Waals surface area contributed by atoms with Crippen molar-refractivity contribution in [3.63, 3.8) is 0 Å². The minimum atomic E-state index is 0.147. The molecule has 1 saturated heterocycles. The molecule has 0 spiro atoms. The van der Waals surface area contributed by atoms with Crippen LogP contribution in [0.15, 0.2) is 23.2 Å². The number of amides is 1. The molecule has 1 aliphatic rings. The van der Waals surface area contributed by atoms with Crippen molar-refractivity contribution in [3.05, 3.63) is 40.1 Å². The van der Waals surface area contributed by atoms with Gasteiger partial charge in [-0.3, -0.25) is 9.69 Å². The highest BCUT2D eigenvalue weighted by Gasteiger charge is 2.32. The first kappa shape index (κ1) is 15.2. The standard InChI is InChI=1S/C16H22N4OS/c1-4-19-7-8-20(16(21)13-11-22-10-12(13)2)9-14(19)15-17-5-6-18(15)3/h5-6,10-11,14H,4,7-9H2,1-3H3. The lowest BCUT2D eigenvalue weighted by Gasteiger charge is -2.40. The first-order valence-electron chi connectivity index (χ1n) is 7.65. The van der Waals surface area contributed by atoms with Crippen LogP contribution in [0.2, 0.25) is 0 Å². The second-order valence-corrected chi connectivity index (χ2v) is 6.50. The van der Waals surface area contributed by atoms with Crippen LogP contribution in [0.5, 0.6) is 0 Å². The fourth-order valence-electron chi connectivity index (χ4n) is 3.08. The molecule has 3 heterocycles. The highest BCUT2D eigenvalue weighted by molar-refractivity contribution is 7.08. The van der Waals surface area contributed by atoms with Gasteiger partial charge in [0.2, 0.25) is 0 Å². The van der Waals surface area contributed by atoms with Crippen LogP contribution >= 0.6 is 11.3 Å². The van der Waals surface area contributed by atoms with Gasteiger partial charge in [-0.25, -0.2) is 4.98 Å². The molecule has 5 nitrogen and oxygen atoms in total. The average molecular weight is 318 g/mol. The Bertz CT molecular complexity index is 663. The Morgan fingerprint density at radius 1 is 1.41 bits per heavy atom. The van der Waals surface area contributed by atoms with Crippen molar-refractivity contribution in [1.29, 1.82) is 0 Å². The van der Waals surface area contributed by atoms with E-state index in [1.165, 1.54) is 0 Å². The lowest BCUT2D eigenvalue weighted by molar-refractivity contribution is 0.0472. The summed E-state index contributed by atoms with van der Waals surface area (Å²) in [5, 5.41) is 3.99. The van der Waals surface area contributed by atoms with Crippen molar-refractivity contribution in [2.24, 2.45) is 7.05 Å². The summed E-state index contributed by atoms with van der Waals surface area (Å²) in [6.45, 7) is 7.51. The number of likely N-dealkylation sites (N-methyl/N-ethyl adjacent to an activating group) is 1. The quantitative estimate of drug-likeness (QED) is 0.872. The van der Waals surface area contributed by atoms with E-state index in [2.05, 4.69) is 21.4 Å². The smallest absolute Gasteiger partial charge is 0.255 e. The van der Waals surface area contributed by atoms with E-state index < -0.39 is 0 Å². The fourth-order valence-corrected chi connectivity index (χ4v) is 3.90. The Morgan fingerprint density at radius 3 is 2.82 bits per heavy atom. The topological polar surface area (TPSA) is 41.4 Å². The summed E-state index contributed by atoms with van der Waals surface area (Å²) in [5.41, 5.74) is 1.91. The molecule has 22 heavy (non-hydrogen) atoms. The number of thiophene rings is 1. The number of rotatable bonds is 3. The van der Waals surface area contributed by atoms with Gasteiger partial charge in [-0.05, 0) is 24.4 Å². The van der Waals surface area contributed by atoms with E-state index in [4.69, 9.17) is 0 Å². The molecule has 118 valence electrons. The zero-order valence-corrected chi connectivity index (χ0v) is 14.1. The molecular weight excluding hydrogens is 296 g/mol. The molecule has 1 fully saturated rings. The minimum Gasteiger partial charge on any atom is -0.337 e. The third-order valence-corrected chi connectivity index (χ3v) is 5.29. The number of imidazole rings is 1. The number of carbonyl (C=O) groups excluding carboxylic acids is 1. The van der Waals surface area contributed by atoms with Gasteiger partial charge in [0, 0.05) is 44.5 Å². The SMILES string of the molecule is CCN1CCN(C(=O)c2cscc2C)CC1c1nccn1C. The first-order chi connectivity index (χ1) is 10.6. The zero-order chi connectivity index (χ0) is 15.7. The van der Waals surface area contributed by atoms with E-state index in [1.54, 1.807) is 11.3 Å². The maximum atomic E-state index is 12.8. The normalized spacial score (nSPS) is 19.6. The number of aromatic nitrogens is 2. The average Bonchev–Trinajstić information content (AvgIpc) is 3.14. The van der Waals surface area contributed by atoms with E-state index in [0.717, 1.165) is 36.6 Å². The summed E-state index contributed by atoms with van der Waals surface area (Å²) >= 11 is 1.59. The number of piperazine rings is 1. The molecule has 0 N–H and O–H groups in total. The van der Waals surface area contributed by atoms with Crippen molar-refractivity contribution in [2.45, 2.75) is 19.9 Å². The van der Waals surface area contributed by atoms with Crippen molar-refractivity contribution >= 4 is 17.2 Å². The highest BCUT2D eigenvalue weighted by Crippen LogP contribution is 2.26. The van der Waals surface area contributed by atoms with E-state index in [-0.39, 0.29) is 11.9 Å². The maximum Gasteiger partial charge on any atom is 0.255 e. The van der Waals surface area contributed by atoms with E-state index in [1.807, 2.05) is 42.0 Å². The number of hydrogen-bond acceptors (Lipinski definition) is 4. The Labute approximate surface area is 135 Å². The van der Waals surface area contributed by atoms with Gasteiger partial charge in [0.15, 0.2) is 0 Å². The summed E-state index contributed by atoms with van der Waals surface area (Å²) < 4.78 is 2.05. The Balaban J connectivity index is 1.83. The van der Waals surface area contributed by atoms with E-state index in [0.29, 0.717) is 6.54 Å². The molecule has 2 aromatic heterocycles. The van der Waals surface area contributed by atoms with Gasteiger partial charge in [-0.2, -0.15) is 11.3 Å². The molecule has 0 bridgehead atoms. The predicted molar refractivity (Wildman–Crippen MR) is 88.2 cm³/mol. The fraction of sp³-hybridized carbons (Fsp3) is 0.500. The first-order valence-corrected chi connectivity index (χ1v) is 8.59. The monoisotopic (exact) mass is 318 g/mol. The van der Waals surface area contributed by atoms with Crippen LogP contribution in [0.1, 0.15) is 34.7 Å². The van der Waals surface area contributed by atoms with Crippen LogP contribution in [0.3, 0.4) is 0 Å². The molecule has 2 aromatic rings. The second kappa shape index (κ2) is 6.22. The van der Waals surface area contributed by atoms with Crippen molar-refractivity contribution in [3.8, 4) is 0 Å². The molecule has 0 aromatic carbocycles. The molecule has 1 atom stereocenters. The molecule has 0 radical (unpaired) electrons. The van der Waals surface area contributed by atoms with Gasteiger partial charge in [0.05, 0.1) is 11.6 Å². The minimum absolute atomic E-state index is 0.147. The van der Waals surface area contributed by atoms with Gasteiger partial charge >= 0.3 is 0 Å². The van der Waals surface area contributed by atoms with Crippen molar-refractivity contribution in [1.82, 2.24) is 19.4 Å². The second-order valence-electron chi connectivity index (χ2n) is 5.76. The lowest BCUT2D eigenvalue weighted by atomic mass is 10.1. The summed E-state index contributed by atoms with van der Waals surface area (Å²) in [4.78, 5) is 21.6. The zero-order valence-electron chi connectivity index (χ0n) is 13.3. The van der Waals surface area contributed by atoms with E-state index in [9.17, 15) is 4.79 Å². The summed E-state index contributed by atoms with van der Waals surface area (Å²) in [5.74, 6) is 1.18. The molecule has 3 rings (SSSR count). The maximum absolute atomic E-state index is 12.8. The van der Waals surface area contributed by atoms with Crippen LogP contribution in [-0.4, -0.2) is 51.4 Å². The third kappa shape index (κ3) is 2.68. The van der Waals surface area contributed by atoms with Crippen molar-refractivity contribution < 1.29 is 4.79 Å². The number of carbonyl (C=O) groups is 1. The summed E-state index contributed by atoms with van der Waals surface area (Å²) in [6, 6.07) is 0.168. The van der Waals surface area contributed by atoms with Gasteiger partial charge in [-0.1, -0.05) is 6.92 Å². The van der Waals surface area contributed by atoms with Crippen LogP contribution in [0.25, 0.3) is 0 Å². The Morgan fingerprint density at radius 2 is 2.23 bits per heavy atom. The van der Waals surface area contributed by atoms with Gasteiger partial charge in [0.1, 0.15) is 5.82 Å². The third-order valence-electron chi connectivity index (χ3n) is 4.43. The summed E-state index contributed by atoms with van der Waals surface area (Å²) in [7, 11) is 2.01. The Hall–Kier alpha value is -1.66. The molecule has 0 saturated carbocycles. The number of aryl methyl sites for hydroxylation is 2. The van der Waals surface area contributed by atoms with Crippen molar-refractivity contribution in [2.75, 3.05) is 26.2 Å².